The summed E-state index contributed by atoms with van der Waals surface area (Å²) in [7, 11) is -3.54. The number of rotatable bonds is 7. The van der Waals surface area contributed by atoms with Gasteiger partial charge in [0.15, 0.2) is 6.10 Å². The smallest absolute Gasteiger partial charge is 0.309 e. The van der Waals surface area contributed by atoms with Crippen molar-refractivity contribution in [3.05, 3.63) is 41.3 Å². The molecule has 27 heavy (non-hydrogen) atoms. The van der Waals surface area contributed by atoms with Crippen molar-refractivity contribution in [1.29, 1.82) is 0 Å². The van der Waals surface area contributed by atoms with Crippen molar-refractivity contribution in [2.45, 2.75) is 32.8 Å². The van der Waals surface area contributed by atoms with Gasteiger partial charge in [-0.2, -0.15) is 4.31 Å². The summed E-state index contributed by atoms with van der Waals surface area (Å²) >= 11 is 0. The molecule has 1 saturated heterocycles. The molecule has 2 rings (SSSR count). The van der Waals surface area contributed by atoms with E-state index in [4.69, 9.17) is 4.74 Å². The summed E-state index contributed by atoms with van der Waals surface area (Å²) in [5, 5.41) is 3.79. The number of hydrogen-bond acceptors (Lipinski definition) is 5. The van der Waals surface area contributed by atoms with Gasteiger partial charge in [0.1, 0.15) is 0 Å². The molecular weight excluding hydrogens is 368 g/mol. The third kappa shape index (κ3) is 6.18. The third-order valence-corrected chi connectivity index (χ3v) is 5.96. The van der Waals surface area contributed by atoms with Crippen LogP contribution < -0.4 is 5.32 Å². The predicted molar refractivity (Wildman–Crippen MR) is 103 cm³/mol. The van der Waals surface area contributed by atoms with Crippen molar-refractivity contribution in [2.24, 2.45) is 5.92 Å². The van der Waals surface area contributed by atoms with E-state index in [0.29, 0.717) is 19.4 Å². The average molecular weight is 394 g/mol. The van der Waals surface area contributed by atoms with Gasteiger partial charge in [0.05, 0.1) is 5.92 Å². The van der Waals surface area contributed by atoms with E-state index in [-0.39, 0.29) is 19.0 Å². The molecule has 1 aromatic carbocycles. The van der Waals surface area contributed by atoms with Crippen molar-refractivity contribution in [2.75, 3.05) is 19.6 Å². The molecule has 7 nitrogen and oxygen atoms in total. The number of benzene rings is 1. The van der Waals surface area contributed by atoms with Crippen LogP contribution in [0.25, 0.3) is 6.08 Å². The Kier molecular flexibility index (Phi) is 7.55. The normalized spacial score (nSPS) is 17.6. The van der Waals surface area contributed by atoms with Crippen molar-refractivity contribution in [1.82, 2.24) is 9.62 Å². The molecule has 1 heterocycles. The molecule has 0 bridgehead atoms. The fourth-order valence-electron chi connectivity index (χ4n) is 2.80. The molecule has 148 valence electrons. The second-order valence-electron chi connectivity index (χ2n) is 6.41. The van der Waals surface area contributed by atoms with Gasteiger partial charge >= 0.3 is 5.97 Å². The first kappa shape index (κ1) is 21.1. The maximum atomic E-state index is 12.4. The zero-order valence-corrected chi connectivity index (χ0v) is 16.4. The molecule has 1 aliphatic rings. The molecule has 1 aromatic rings. The van der Waals surface area contributed by atoms with Crippen molar-refractivity contribution >= 4 is 28.0 Å². The molecule has 1 aliphatic heterocycles. The Labute approximate surface area is 160 Å². The number of esters is 1. The maximum Gasteiger partial charge on any atom is 0.309 e. The Morgan fingerprint density at radius 2 is 1.89 bits per heavy atom. The third-order valence-electron chi connectivity index (χ3n) is 4.39. The summed E-state index contributed by atoms with van der Waals surface area (Å²) in [5.74, 6) is -1.19. The lowest BCUT2D eigenvalue weighted by atomic mass is 9.98. The van der Waals surface area contributed by atoms with Crippen LogP contribution in [0.2, 0.25) is 0 Å². The van der Waals surface area contributed by atoms with E-state index < -0.39 is 28.0 Å². The lowest BCUT2D eigenvalue weighted by Gasteiger charge is -2.29. The van der Waals surface area contributed by atoms with Crippen LogP contribution in [0, 0.1) is 5.92 Å². The van der Waals surface area contributed by atoms with Gasteiger partial charge in [-0.15, -0.1) is 0 Å². The average Bonchev–Trinajstić information content (AvgIpc) is 2.67. The molecule has 8 heteroatoms. The molecule has 0 radical (unpaired) electrons. The van der Waals surface area contributed by atoms with E-state index in [1.165, 1.54) is 16.6 Å². The molecule has 1 atom stereocenters. The second kappa shape index (κ2) is 9.66. The molecule has 1 N–H and O–H groups in total. The van der Waals surface area contributed by atoms with E-state index in [1.807, 2.05) is 30.3 Å². The molecule has 0 unspecified atom stereocenters. The van der Waals surface area contributed by atoms with Crippen LogP contribution in [-0.2, 0) is 24.3 Å². The molecule has 0 aliphatic carbocycles. The van der Waals surface area contributed by atoms with Crippen LogP contribution >= 0.6 is 0 Å². The number of hydrogen-bond donors (Lipinski definition) is 1. The van der Waals surface area contributed by atoms with Gasteiger partial charge in [0.25, 0.3) is 5.91 Å². The molecular formula is C19H26N2O5S. The van der Waals surface area contributed by atoms with E-state index in [9.17, 15) is 18.0 Å². The predicted octanol–water partition coefficient (Wildman–Crippen LogP) is 1.77. The Morgan fingerprint density at radius 1 is 1.26 bits per heavy atom. The summed E-state index contributed by atoms with van der Waals surface area (Å²) in [4.78, 5) is 23.9. The molecule has 0 spiro atoms. The van der Waals surface area contributed by atoms with Crippen LogP contribution in [0.4, 0.5) is 0 Å². The van der Waals surface area contributed by atoms with Crippen LogP contribution in [0.15, 0.2) is 35.7 Å². The quantitative estimate of drug-likeness (QED) is 0.712. The highest BCUT2D eigenvalue weighted by Crippen LogP contribution is 2.22. The largest absolute Gasteiger partial charge is 0.452 e. The van der Waals surface area contributed by atoms with Gasteiger partial charge in [0.2, 0.25) is 10.0 Å². The number of piperidine rings is 1. The fraction of sp³-hybridized carbons (Fsp3) is 0.474. The lowest BCUT2D eigenvalue weighted by molar-refractivity contribution is -0.159. The number of ether oxygens (including phenoxy) is 1. The first-order valence-corrected chi connectivity index (χ1v) is 10.5. The zero-order chi connectivity index (χ0) is 19.9. The summed E-state index contributed by atoms with van der Waals surface area (Å²) in [6, 6.07) is 9.19. The number of nitrogens with one attached hydrogen (secondary N) is 1. The lowest BCUT2D eigenvalue weighted by Crippen LogP contribution is -2.42. The molecule has 1 amide bonds. The fourth-order valence-corrected chi connectivity index (χ4v) is 4.02. The first-order chi connectivity index (χ1) is 12.8. The number of likely N-dealkylation sites (N-methyl/N-ethyl adjacent to an activating group) is 1. The minimum atomic E-state index is -3.54. The monoisotopic (exact) mass is 394 g/mol. The van der Waals surface area contributed by atoms with Crippen LogP contribution in [0.3, 0.4) is 0 Å². The highest BCUT2D eigenvalue weighted by atomic mass is 32.2. The first-order valence-electron chi connectivity index (χ1n) is 9.05. The van der Waals surface area contributed by atoms with Gasteiger partial charge in [-0.3, -0.25) is 9.59 Å². The summed E-state index contributed by atoms with van der Waals surface area (Å²) < 4.78 is 31.5. The van der Waals surface area contributed by atoms with Gasteiger partial charge in [-0.25, -0.2) is 8.42 Å². The van der Waals surface area contributed by atoms with Gasteiger partial charge in [-0.1, -0.05) is 30.3 Å². The maximum absolute atomic E-state index is 12.4. The van der Waals surface area contributed by atoms with Crippen LogP contribution in [-0.4, -0.2) is 50.3 Å². The summed E-state index contributed by atoms with van der Waals surface area (Å²) in [6.45, 7) is 4.27. The Morgan fingerprint density at radius 3 is 2.48 bits per heavy atom. The van der Waals surface area contributed by atoms with Crippen molar-refractivity contribution in [3.63, 3.8) is 0 Å². The van der Waals surface area contributed by atoms with E-state index in [1.54, 1.807) is 13.0 Å². The van der Waals surface area contributed by atoms with Gasteiger partial charge in [0, 0.05) is 25.0 Å². The standard InChI is InChI=1S/C19H26N2O5S/c1-3-20-18(22)15(2)26-19(23)17-9-12-21(13-10-17)27(24,25)14-11-16-7-5-4-6-8-16/h4-8,11,14-15,17H,3,9-10,12-13H2,1-2H3,(H,20,22)/b14-11+/t15-/m1/s1. The molecule has 0 saturated carbocycles. The number of carbonyl (C=O) groups is 2. The number of nitrogens with zero attached hydrogens (tertiary/aromatic N) is 1. The number of carbonyl (C=O) groups excluding carboxylic acids is 2. The zero-order valence-electron chi connectivity index (χ0n) is 15.6. The Bertz CT molecular complexity index is 769. The van der Waals surface area contributed by atoms with E-state index in [0.717, 1.165) is 5.56 Å². The van der Waals surface area contributed by atoms with Gasteiger partial charge < -0.3 is 10.1 Å². The summed E-state index contributed by atoms with van der Waals surface area (Å²) in [5.41, 5.74) is 0.805. The topological polar surface area (TPSA) is 92.8 Å². The number of sulfonamides is 1. The van der Waals surface area contributed by atoms with E-state index >= 15 is 0 Å². The Hall–Kier alpha value is -2.19. The minimum Gasteiger partial charge on any atom is -0.452 e. The van der Waals surface area contributed by atoms with Crippen molar-refractivity contribution in [3.8, 4) is 0 Å². The van der Waals surface area contributed by atoms with Crippen molar-refractivity contribution < 1.29 is 22.7 Å². The summed E-state index contributed by atoms with van der Waals surface area (Å²) in [6.07, 6.45) is 1.45. The van der Waals surface area contributed by atoms with E-state index in [2.05, 4.69) is 5.32 Å². The highest BCUT2D eigenvalue weighted by molar-refractivity contribution is 7.92. The van der Waals surface area contributed by atoms with Crippen LogP contribution in [0.1, 0.15) is 32.3 Å². The number of amides is 1. The highest BCUT2D eigenvalue weighted by Gasteiger charge is 2.32. The molecule has 0 aromatic heterocycles. The Balaban J connectivity index is 1.87. The van der Waals surface area contributed by atoms with Crippen LogP contribution in [0.5, 0.6) is 0 Å². The SMILES string of the molecule is CCNC(=O)[C@@H](C)OC(=O)C1CCN(S(=O)(=O)/C=C/c2ccccc2)CC1. The minimum absolute atomic E-state index is 0.247. The molecule has 1 fully saturated rings. The second-order valence-corrected chi connectivity index (χ2v) is 8.22. The van der Waals surface area contributed by atoms with Gasteiger partial charge in [-0.05, 0) is 38.3 Å².